The van der Waals surface area contributed by atoms with Gasteiger partial charge in [-0.1, -0.05) is 19.9 Å². The Hall–Kier alpha value is -1.09. The molecule has 0 spiro atoms. The molecule has 2 rings (SSSR count). The second-order valence-electron chi connectivity index (χ2n) is 4.76. The summed E-state index contributed by atoms with van der Waals surface area (Å²) in [6.45, 7) is 6.23. The summed E-state index contributed by atoms with van der Waals surface area (Å²) in [6, 6.07) is 6.82. The highest BCUT2D eigenvalue weighted by Gasteiger charge is 2.24. The molecule has 0 unspecified atom stereocenters. The summed E-state index contributed by atoms with van der Waals surface area (Å²) in [6.07, 6.45) is 2.62. The van der Waals surface area contributed by atoms with E-state index < -0.39 is 0 Å². The van der Waals surface area contributed by atoms with Crippen molar-refractivity contribution in [2.24, 2.45) is 0 Å². The summed E-state index contributed by atoms with van der Waals surface area (Å²) in [5.41, 5.74) is 1.25. The molecule has 1 aliphatic carbocycles. The van der Waals surface area contributed by atoms with Crippen molar-refractivity contribution in [1.29, 1.82) is 0 Å². The fourth-order valence-corrected chi connectivity index (χ4v) is 1.71. The van der Waals surface area contributed by atoms with Crippen LogP contribution in [0.4, 0.5) is 5.82 Å². The lowest BCUT2D eigenvalue weighted by Crippen LogP contribution is -2.28. The monoisotopic (exact) mass is 219 g/mol. The number of hydrogen-bond acceptors (Lipinski definition) is 3. The van der Waals surface area contributed by atoms with Crippen molar-refractivity contribution in [1.82, 2.24) is 10.3 Å². The number of pyridine rings is 1. The Kier molecular flexibility index (Phi) is 3.78. The van der Waals surface area contributed by atoms with E-state index in [4.69, 9.17) is 0 Å². The standard InChI is InChI=1S/C13H21N3/c1-10(2)14-8-9-15-13-5-3-4-12(16-13)11-6-7-11/h3-5,10-11,14H,6-9H2,1-2H3,(H,15,16). The molecule has 1 aromatic heterocycles. The van der Waals surface area contributed by atoms with Crippen LogP contribution in [0.15, 0.2) is 18.2 Å². The summed E-state index contributed by atoms with van der Waals surface area (Å²) >= 11 is 0. The molecule has 0 aliphatic heterocycles. The van der Waals surface area contributed by atoms with Crippen LogP contribution >= 0.6 is 0 Å². The second kappa shape index (κ2) is 5.30. The minimum absolute atomic E-state index is 0.549. The predicted octanol–water partition coefficient (Wildman–Crippen LogP) is 2.37. The van der Waals surface area contributed by atoms with Crippen molar-refractivity contribution in [2.45, 2.75) is 38.6 Å². The van der Waals surface area contributed by atoms with Gasteiger partial charge in [0.2, 0.25) is 0 Å². The van der Waals surface area contributed by atoms with Gasteiger partial charge in [-0.2, -0.15) is 0 Å². The summed E-state index contributed by atoms with van der Waals surface area (Å²) < 4.78 is 0. The topological polar surface area (TPSA) is 37.0 Å². The van der Waals surface area contributed by atoms with Gasteiger partial charge in [-0.3, -0.25) is 0 Å². The van der Waals surface area contributed by atoms with E-state index in [0.717, 1.165) is 24.8 Å². The predicted molar refractivity (Wildman–Crippen MR) is 67.8 cm³/mol. The molecule has 0 aromatic carbocycles. The Labute approximate surface area is 97.7 Å². The number of hydrogen-bond donors (Lipinski definition) is 2. The van der Waals surface area contributed by atoms with E-state index in [9.17, 15) is 0 Å². The lowest BCUT2D eigenvalue weighted by molar-refractivity contribution is 0.602. The number of nitrogens with zero attached hydrogens (tertiary/aromatic N) is 1. The van der Waals surface area contributed by atoms with E-state index in [-0.39, 0.29) is 0 Å². The quantitative estimate of drug-likeness (QED) is 0.721. The van der Waals surface area contributed by atoms with Crippen LogP contribution in [-0.4, -0.2) is 24.1 Å². The fraction of sp³-hybridized carbons (Fsp3) is 0.615. The maximum Gasteiger partial charge on any atom is 0.126 e. The maximum absolute atomic E-state index is 4.61. The van der Waals surface area contributed by atoms with E-state index in [1.807, 2.05) is 6.07 Å². The van der Waals surface area contributed by atoms with E-state index >= 15 is 0 Å². The highest BCUT2D eigenvalue weighted by Crippen LogP contribution is 2.39. The highest BCUT2D eigenvalue weighted by atomic mass is 15.0. The molecule has 88 valence electrons. The first kappa shape index (κ1) is 11.4. The molecule has 0 radical (unpaired) electrons. The highest BCUT2D eigenvalue weighted by molar-refractivity contribution is 5.36. The Morgan fingerprint density at radius 2 is 2.12 bits per heavy atom. The summed E-state index contributed by atoms with van der Waals surface area (Å²) in [5.74, 6) is 1.74. The lowest BCUT2D eigenvalue weighted by Gasteiger charge is -2.10. The molecule has 3 heteroatoms. The summed E-state index contributed by atoms with van der Waals surface area (Å²) in [4.78, 5) is 4.61. The van der Waals surface area contributed by atoms with Gasteiger partial charge >= 0.3 is 0 Å². The molecule has 0 amide bonds. The van der Waals surface area contributed by atoms with E-state index in [1.54, 1.807) is 0 Å². The number of anilines is 1. The van der Waals surface area contributed by atoms with Crippen LogP contribution in [0.5, 0.6) is 0 Å². The first-order valence-corrected chi connectivity index (χ1v) is 6.20. The van der Waals surface area contributed by atoms with Gasteiger partial charge in [-0.05, 0) is 25.0 Å². The molecule has 1 fully saturated rings. The largest absolute Gasteiger partial charge is 0.369 e. The SMILES string of the molecule is CC(C)NCCNc1cccc(C2CC2)n1. The first-order chi connectivity index (χ1) is 7.75. The third kappa shape index (κ3) is 3.49. The van der Waals surface area contributed by atoms with Crippen LogP contribution in [0, 0.1) is 0 Å². The van der Waals surface area contributed by atoms with Crippen molar-refractivity contribution in [2.75, 3.05) is 18.4 Å². The van der Waals surface area contributed by atoms with Gasteiger partial charge in [0.25, 0.3) is 0 Å². The lowest BCUT2D eigenvalue weighted by atomic mass is 10.2. The van der Waals surface area contributed by atoms with Crippen LogP contribution in [0.25, 0.3) is 0 Å². The maximum atomic E-state index is 4.61. The van der Waals surface area contributed by atoms with Crippen LogP contribution in [0.2, 0.25) is 0 Å². The molecule has 0 saturated heterocycles. The van der Waals surface area contributed by atoms with Gasteiger partial charge < -0.3 is 10.6 Å². The molecule has 1 saturated carbocycles. The van der Waals surface area contributed by atoms with Crippen molar-refractivity contribution in [3.05, 3.63) is 23.9 Å². The third-order valence-electron chi connectivity index (χ3n) is 2.75. The van der Waals surface area contributed by atoms with Gasteiger partial charge in [0.15, 0.2) is 0 Å². The molecule has 0 atom stereocenters. The molecule has 1 aromatic rings. The molecule has 3 nitrogen and oxygen atoms in total. The van der Waals surface area contributed by atoms with E-state index in [1.165, 1.54) is 18.5 Å². The van der Waals surface area contributed by atoms with Crippen LogP contribution in [-0.2, 0) is 0 Å². The average molecular weight is 219 g/mol. The minimum Gasteiger partial charge on any atom is -0.369 e. The summed E-state index contributed by atoms with van der Waals surface area (Å²) in [7, 11) is 0. The van der Waals surface area contributed by atoms with E-state index in [2.05, 4.69) is 41.6 Å². The minimum atomic E-state index is 0.549. The summed E-state index contributed by atoms with van der Waals surface area (Å²) in [5, 5.41) is 6.72. The average Bonchev–Trinajstić information content (AvgIpc) is 3.08. The van der Waals surface area contributed by atoms with Crippen LogP contribution in [0.1, 0.15) is 38.3 Å². The zero-order chi connectivity index (χ0) is 11.4. The smallest absolute Gasteiger partial charge is 0.126 e. The Morgan fingerprint density at radius 3 is 2.81 bits per heavy atom. The second-order valence-corrected chi connectivity index (χ2v) is 4.76. The fourth-order valence-electron chi connectivity index (χ4n) is 1.71. The number of nitrogens with one attached hydrogen (secondary N) is 2. The van der Waals surface area contributed by atoms with Gasteiger partial charge in [-0.15, -0.1) is 0 Å². The van der Waals surface area contributed by atoms with Crippen molar-refractivity contribution < 1.29 is 0 Å². The molecular formula is C13H21N3. The third-order valence-corrected chi connectivity index (χ3v) is 2.75. The zero-order valence-corrected chi connectivity index (χ0v) is 10.2. The van der Waals surface area contributed by atoms with Gasteiger partial charge in [0.05, 0.1) is 0 Å². The Morgan fingerprint density at radius 1 is 1.31 bits per heavy atom. The molecule has 16 heavy (non-hydrogen) atoms. The molecular weight excluding hydrogens is 198 g/mol. The van der Waals surface area contributed by atoms with Crippen molar-refractivity contribution in [3.63, 3.8) is 0 Å². The molecule has 0 bridgehead atoms. The molecule has 2 N–H and O–H groups in total. The molecule has 1 heterocycles. The zero-order valence-electron chi connectivity index (χ0n) is 10.2. The normalized spacial score (nSPS) is 15.4. The van der Waals surface area contributed by atoms with Crippen molar-refractivity contribution >= 4 is 5.82 Å². The Balaban J connectivity index is 1.77. The molecule has 1 aliphatic rings. The first-order valence-electron chi connectivity index (χ1n) is 6.20. The van der Waals surface area contributed by atoms with Crippen LogP contribution in [0.3, 0.4) is 0 Å². The van der Waals surface area contributed by atoms with Gasteiger partial charge in [0, 0.05) is 30.7 Å². The van der Waals surface area contributed by atoms with E-state index in [0.29, 0.717) is 6.04 Å². The van der Waals surface area contributed by atoms with Gasteiger partial charge in [0.1, 0.15) is 5.82 Å². The van der Waals surface area contributed by atoms with Crippen LogP contribution < -0.4 is 10.6 Å². The number of rotatable bonds is 6. The van der Waals surface area contributed by atoms with Gasteiger partial charge in [-0.25, -0.2) is 4.98 Å². The van der Waals surface area contributed by atoms with Crippen molar-refractivity contribution in [3.8, 4) is 0 Å². The Bertz CT molecular complexity index is 332. The number of aromatic nitrogens is 1.